The number of nitrogens with one attached hydrogen (secondary N) is 1. The maximum atomic E-state index is 13.4. The van der Waals surface area contributed by atoms with Gasteiger partial charge < -0.3 is 5.11 Å². The van der Waals surface area contributed by atoms with Crippen molar-refractivity contribution in [3.63, 3.8) is 0 Å². The van der Waals surface area contributed by atoms with Crippen LogP contribution in [-0.2, 0) is 21.0 Å². The first kappa shape index (κ1) is 27.0. The van der Waals surface area contributed by atoms with Crippen LogP contribution in [0.3, 0.4) is 0 Å². The molecule has 0 aliphatic carbocycles. The number of phenolic OH excluding ortho intramolecular Hbond substituents is 1. The van der Waals surface area contributed by atoms with Gasteiger partial charge in [-0.25, -0.2) is 13.8 Å². The van der Waals surface area contributed by atoms with Crippen molar-refractivity contribution in [1.82, 2.24) is 5.43 Å². The molecule has 0 fully saturated rings. The highest BCUT2D eigenvalue weighted by molar-refractivity contribution is 7.92. The molecule has 38 heavy (non-hydrogen) atoms. The van der Waals surface area contributed by atoms with E-state index in [9.17, 15) is 31.5 Å². The van der Waals surface area contributed by atoms with Gasteiger partial charge >= 0.3 is 6.18 Å². The number of halogens is 4. The number of carbonyl (C=O) groups is 1. The lowest BCUT2D eigenvalue weighted by molar-refractivity contribution is -0.137. The van der Waals surface area contributed by atoms with Gasteiger partial charge in [0.15, 0.2) is 0 Å². The lowest BCUT2D eigenvalue weighted by Crippen LogP contribution is -2.40. The topological polar surface area (TPSA) is 99.1 Å². The number of hydrogen-bond acceptors (Lipinski definition) is 5. The average Bonchev–Trinajstić information content (AvgIpc) is 2.89. The fourth-order valence-corrected chi connectivity index (χ4v) is 5.38. The Morgan fingerprint density at radius 3 is 2.39 bits per heavy atom. The second kappa shape index (κ2) is 10.7. The van der Waals surface area contributed by atoms with Gasteiger partial charge in [0.1, 0.15) is 12.3 Å². The molecule has 0 saturated heterocycles. The zero-order valence-electron chi connectivity index (χ0n) is 19.4. The van der Waals surface area contributed by atoms with E-state index in [2.05, 4.69) is 10.5 Å². The van der Waals surface area contributed by atoms with Crippen molar-refractivity contribution < 1.29 is 31.5 Å². The Kier molecular flexibility index (Phi) is 7.61. The van der Waals surface area contributed by atoms with Crippen molar-refractivity contribution in [2.75, 3.05) is 10.8 Å². The molecule has 0 atom stereocenters. The molecule has 0 aliphatic heterocycles. The molecule has 4 rings (SSSR count). The predicted octanol–water partition coefficient (Wildman–Crippen LogP) is 5.56. The number of carbonyl (C=O) groups excluding carboxylic acids is 1. The summed E-state index contributed by atoms with van der Waals surface area (Å²) in [6, 6.07) is 19.3. The predicted molar refractivity (Wildman–Crippen MR) is 139 cm³/mol. The van der Waals surface area contributed by atoms with Gasteiger partial charge in [-0.1, -0.05) is 60.1 Å². The summed E-state index contributed by atoms with van der Waals surface area (Å²) < 4.78 is 67.5. The van der Waals surface area contributed by atoms with Crippen LogP contribution in [0.4, 0.5) is 18.9 Å². The summed E-state index contributed by atoms with van der Waals surface area (Å²) in [5.74, 6) is -1.07. The Morgan fingerprint density at radius 2 is 1.68 bits per heavy atom. The highest BCUT2D eigenvalue weighted by Crippen LogP contribution is 2.37. The van der Waals surface area contributed by atoms with Crippen LogP contribution < -0.4 is 9.73 Å². The number of hydrazone groups is 1. The molecule has 0 spiro atoms. The Morgan fingerprint density at radius 1 is 1.00 bits per heavy atom. The number of fused-ring (bicyclic) bond motifs is 1. The number of phenols is 1. The van der Waals surface area contributed by atoms with Crippen LogP contribution in [0.15, 0.2) is 94.9 Å². The molecule has 4 aromatic carbocycles. The number of nitrogens with zero attached hydrogens (tertiary/aromatic N) is 2. The van der Waals surface area contributed by atoms with Crippen LogP contribution >= 0.6 is 11.6 Å². The minimum absolute atomic E-state index is 0.106. The minimum atomic E-state index is -4.78. The van der Waals surface area contributed by atoms with Gasteiger partial charge in [-0.3, -0.25) is 9.10 Å². The SMILES string of the molecule is O=C(CN(c1cc(C(F)(F)F)ccc1Cl)S(=O)(=O)c1ccccc1)N/N=C\c1c(O)ccc2ccccc12. The zero-order valence-corrected chi connectivity index (χ0v) is 20.9. The third kappa shape index (κ3) is 5.74. The largest absolute Gasteiger partial charge is 0.507 e. The van der Waals surface area contributed by atoms with E-state index in [-0.39, 0.29) is 15.7 Å². The smallest absolute Gasteiger partial charge is 0.416 e. The Labute approximate surface area is 220 Å². The minimum Gasteiger partial charge on any atom is -0.507 e. The fourth-order valence-electron chi connectivity index (χ4n) is 3.65. The highest BCUT2D eigenvalue weighted by atomic mass is 35.5. The number of anilines is 1. The summed E-state index contributed by atoms with van der Waals surface area (Å²) in [5, 5.41) is 15.2. The second-order valence-electron chi connectivity index (χ2n) is 8.00. The van der Waals surface area contributed by atoms with Gasteiger partial charge in [0.25, 0.3) is 15.9 Å². The van der Waals surface area contributed by atoms with Gasteiger partial charge in [0.2, 0.25) is 0 Å². The standard InChI is InChI=1S/C26H19ClF3N3O4S/c27-22-12-11-18(26(28,29)30)14-23(22)33(38(36,37)19-7-2-1-3-8-19)16-25(35)32-31-15-21-20-9-5-4-6-17(20)10-13-24(21)34/h1-15,34H,16H2,(H,32,35)/b31-15-. The Hall–Kier alpha value is -4.09. The van der Waals surface area contributed by atoms with E-state index in [1.165, 1.54) is 36.5 Å². The van der Waals surface area contributed by atoms with Gasteiger partial charge in [-0.15, -0.1) is 0 Å². The van der Waals surface area contributed by atoms with Crippen molar-refractivity contribution in [2.45, 2.75) is 11.1 Å². The van der Waals surface area contributed by atoms with Gasteiger partial charge in [-0.2, -0.15) is 18.3 Å². The summed E-state index contributed by atoms with van der Waals surface area (Å²) in [6.45, 7) is -0.933. The van der Waals surface area contributed by atoms with Gasteiger partial charge in [0.05, 0.1) is 27.4 Å². The maximum Gasteiger partial charge on any atom is 0.416 e. The maximum absolute atomic E-state index is 13.4. The average molecular weight is 562 g/mol. The molecule has 2 N–H and O–H groups in total. The number of alkyl halides is 3. The Bertz CT molecular complexity index is 1630. The molecule has 0 saturated carbocycles. The van der Waals surface area contributed by atoms with Crippen LogP contribution in [0.1, 0.15) is 11.1 Å². The Balaban J connectivity index is 1.67. The summed E-state index contributed by atoms with van der Waals surface area (Å²) >= 11 is 6.11. The normalized spacial score (nSPS) is 12.1. The number of benzene rings is 4. The van der Waals surface area contributed by atoms with E-state index in [4.69, 9.17) is 11.6 Å². The zero-order chi connectivity index (χ0) is 27.5. The fraction of sp³-hybridized carbons (Fsp3) is 0.0769. The quantitative estimate of drug-likeness (QED) is 0.228. The lowest BCUT2D eigenvalue weighted by atomic mass is 10.0. The summed E-state index contributed by atoms with van der Waals surface area (Å²) in [4.78, 5) is 12.5. The molecule has 0 bridgehead atoms. The summed E-state index contributed by atoms with van der Waals surface area (Å²) in [6.07, 6.45) is -3.60. The third-order valence-electron chi connectivity index (χ3n) is 5.49. The van der Waals surface area contributed by atoms with E-state index in [0.29, 0.717) is 27.4 Å². The van der Waals surface area contributed by atoms with E-state index < -0.39 is 39.9 Å². The molecular formula is C26H19ClF3N3O4S. The highest BCUT2D eigenvalue weighted by Gasteiger charge is 2.34. The lowest BCUT2D eigenvalue weighted by Gasteiger charge is -2.25. The molecule has 1 amide bonds. The van der Waals surface area contributed by atoms with Crippen LogP contribution in [0.25, 0.3) is 10.8 Å². The van der Waals surface area contributed by atoms with Crippen LogP contribution in [0.5, 0.6) is 5.75 Å². The molecular weight excluding hydrogens is 543 g/mol. The van der Waals surface area contributed by atoms with Crippen LogP contribution in [0, 0.1) is 0 Å². The van der Waals surface area contributed by atoms with Gasteiger partial charge in [0, 0.05) is 5.56 Å². The van der Waals surface area contributed by atoms with Crippen molar-refractivity contribution in [2.24, 2.45) is 5.10 Å². The number of hydrogen-bond donors (Lipinski definition) is 2. The molecule has 7 nitrogen and oxygen atoms in total. The molecule has 0 radical (unpaired) electrons. The van der Waals surface area contributed by atoms with E-state index in [1.54, 1.807) is 24.3 Å². The van der Waals surface area contributed by atoms with Crippen molar-refractivity contribution in [3.05, 3.63) is 101 Å². The van der Waals surface area contributed by atoms with E-state index >= 15 is 0 Å². The second-order valence-corrected chi connectivity index (χ2v) is 10.3. The van der Waals surface area contributed by atoms with E-state index in [1.807, 2.05) is 12.1 Å². The summed E-state index contributed by atoms with van der Waals surface area (Å²) in [5.41, 5.74) is 0.788. The van der Waals surface area contributed by atoms with E-state index in [0.717, 1.165) is 11.5 Å². The molecule has 12 heteroatoms. The van der Waals surface area contributed by atoms with Crippen LogP contribution in [0.2, 0.25) is 5.02 Å². The monoisotopic (exact) mass is 561 g/mol. The van der Waals surface area contributed by atoms with Gasteiger partial charge in [-0.05, 0) is 47.2 Å². The first-order valence-corrected chi connectivity index (χ1v) is 12.8. The first-order valence-electron chi connectivity index (χ1n) is 11.0. The number of sulfonamides is 1. The molecule has 4 aromatic rings. The first-order chi connectivity index (χ1) is 18.0. The molecule has 0 aliphatic rings. The van der Waals surface area contributed by atoms with Crippen LogP contribution in [-0.4, -0.2) is 32.2 Å². The summed E-state index contributed by atoms with van der Waals surface area (Å²) in [7, 11) is -4.52. The molecule has 0 aromatic heterocycles. The van der Waals surface area contributed by atoms with Crippen molar-refractivity contribution in [1.29, 1.82) is 0 Å². The number of aromatic hydroxyl groups is 1. The van der Waals surface area contributed by atoms with Crippen molar-refractivity contribution in [3.8, 4) is 5.75 Å². The number of rotatable bonds is 7. The molecule has 0 unspecified atom stereocenters. The third-order valence-corrected chi connectivity index (χ3v) is 7.58. The molecule has 196 valence electrons. The van der Waals surface area contributed by atoms with Crippen molar-refractivity contribution >= 4 is 50.2 Å². The molecule has 0 heterocycles. The number of amides is 1.